The van der Waals surface area contributed by atoms with Gasteiger partial charge in [0, 0.05) is 45.5 Å². The predicted molar refractivity (Wildman–Crippen MR) is 183 cm³/mol. The van der Waals surface area contributed by atoms with Crippen molar-refractivity contribution in [3.8, 4) is 34.4 Å². The van der Waals surface area contributed by atoms with Crippen LogP contribution in [-0.2, 0) is 27.4 Å². The van der Waals surface area contributed by atoms with Gasteiger partial charge in [-0.25, -0.2) is 22.5 Å². The first-order valence-electron chi connectivity index (χ1n) is 16.5. The number of halogens is 4. The number of hydrogen-bond acceptors (Lipinski definition) is 7. The number of ketones is 1. The van der Waals surface area contributed by atoms with Crippen LogP contribution in [0.4, 0.5) is 17.6 Å². The molecule has 1 fully saturated rings. The standard InChI is InChI=1S/C37H41F4N3O5Si/c1-23(2)48-31-7-6-25(17-26(31)18-42)28-19-44(22-46-12-13-50(3,4)5)35-33(28)32(9-11-43-35)49-34-29(38)15-24(16-30(34)39)14-27(45)8-10-37(36(40)41)20-47-21-37/h6-7,9,11,15-17,19,23,36H,8,10,12-14,20-22H2,1-5H3. The smallest absolute Gasteiger partial charge is 0.248 e. The fraction of sp³-hybridized carbons (Fsp3) is 0.432. The van der Waals surface area contributed by atoms with Crippen LogP contribution in [-0.4, -0.2) is 55.8 Å². The molecule has 0 radical (unpaired) electrons. The molecule has 0 amide bonds. The fourth-order valence-electron chi connectivity index (χ4n) is 5.64. The number of carbonyl (C=O) groups excluding carboxylic acids is 1. The highest BCUT2D eigenvalue weighted by Gasteiger charge is 2.47. The third-order valence-electron chi connectivity index (χ3n) is 8.53. The number of nitriles is 1. The van der Waals surface area contributed by atoms with E-state index in [4.69, 9.17) is 18.9 Å². The molecule has 3 heterocycles. The number of nitrogens with zero attached hydrogens (tertiary/aromatic N) is 3. The Kier molecular flexibility index (Phi) is 11.3. The van der Waals surface area contributed by atoms with E-state index in [0.717, 1.165) is 18.2 Å². The number of benzene rings is 2. The molecule has 13 heteroatoms. The molecule has 2 aromatic carbocycles. The maximum absolute atomic E-state index is 15.5. The molecule has 1 saturated heterocycles. The predicted octanol–water partition coefficient (Wildman–Crippen LogP) is 8.92. The Balaban J connectivity index is 1.45. The lowest BCUT2D eigenvalue weighted by atomic mass is 9.80. The number of hydrogen-bond donors (Lipinski definition) is 0. The molecule has 0 spiro atoms. The second kappa shape index (κ2) is 15.3. The Hall–Kier alpha value is -4.25. The number of aromatic nitrogens is 2. The lowest BCUT2D eigenvalue weighted by molar-refractivity contribution is -0.189. The highest BCUT2D eigenvalue weighted by molar-refractivity contribution is 6.76. The zero-order valence-electron chi connectivity index (χ0n) is 28.8. The molecule has 2 aromatic heterocycles. The number of ether oxygens (including phenoxy) is 4. The lowest BCUT2D eigenvalue weighted by Crippen LogP contribution is -2.48. The molecular formula is C37H41F4N3O5Si. The minimum atomic E-state index is -2.62. The Morgan fingerprint density at radius 3 is 2.42 bits per heavy atom. The Morgan fingerprint density at radius 2 is 1.82 bits per heavy atom. The maximum Gasteiger partial charge on any atom is 0.248 e. The Bertz CT molecular complexity index is 1870. The third-order valence-corrected chi connectivity index (χ3v) is 10.2. The zero-order valence-corrected chi connectivity index (χ0v) is 29.8. The fourth-order valence-corrected chi connectivity index (χ4v) is 6.40. The second-order valence-electron chi connectivity index (χ2n) is 14.2. The first-order chi connectivity index (χ1) is 23.7. The van der Waals surface area contributed by atoms with Gasteiger partial charge in [0.15, 0.2) is 17.4 Å². The molecule has 0 N–H and O–H groups in total. The van der Waals surface area contributed by atoms with Gasteiger partial charge in [0.05, 0.1) is 35.7 Å². The van der Waals surface area contributed by atoms with Crippen molar-refractivity contribution in [3.05, 3.63) is 71.6 Å². The summed E-state index contributed by atoms with van der Waals surface area (Å²) in [5, 5.41) is 10.3. The van der Waals surface area contributed by atoms with Gasteiger partial charge in [-0.05, 0) is 67.8 Å². The van der Waals surface area contributed by atoms with Crippen LogP contribution in [0.25, 0.3) is 22.2 Å². The van der Waals surface area contributed by atoms with Crippen molar-refractivity contribution in [2.75, 3.05) is 19.8 Å². The third kappa shape index (κ3) is 8.54. The summed E-state index contributed by atoms with van der Waals surface area (Å²) in [6, 6.07) is 11.8. The van der Waals surface area contributed by atoms with Crippen molar-refractivity contribution in [3.63, 3.8) is 0 Å². The molecule has 0 bridgehead atoms. The minimum Gasteiger partial charge on any atom is -0.490 e. The van der Waals surface area contributed by atoms with Gasteiger partial charge in [-0.3, -0.25) is 4.79 Å². The average Bonchev–Trinajstić information content (AvgIpc) is 3.39. The van der Waals surface area contributed by atoms with E-state index in [0.29, 0.717) is 40.1 Å². The van der Waals surface area contributed by atoms with E-state index < -0.39 is 43.1 Å². The highest BCUT2D eigenvalue weighted by atomic mass is 28.3. The first-order valence-corrected chi connectivity index (χ1v) is 20.2. The normalized spacial score (nSPS) is 14.2. The van der Waals surface area contributed by atoms with E-state index in [1.54, 1.807) is 29.0 Å². The Morgan fingerprint density at radius 1 is 1.10 bits per heavy atom. The van der Waals surface area contributed by atoms with Gasteiger partial charge >= 0.3 is 0 Å². The summed E-state index contributed by atoms with van der Waals surface area (Å²) in [5.41, 5.74) is 0.667. The van der Waals surface area contributed by atoms with Gasteiger partial charge in [-0.2, -0.15) is 5.26 Å². The Labute approximate surface area is 289 Å². The number of pyridine rings is 1. The largest absolute Gasteiger partial charge is 0.490 e. The van der Waals surface area contributed by atoms with Gasteiger partial charge in [0.25, 0.3) is 0 Å². The van der Waals surface area contributed by atoms with Crippen LogP contribution in [0, 0.1) is 28.4 Å². The average molecular weight is 712 g/mol. The summed E-state index contributed by atoms with van der Waals surface area (Å²) in [6.45, 7) is 10.9. The second-order valence-corrected chi connectivity index (χ2v) is 19.8. The van der Waals surface area contributed by atoms with Crippen molar-refractivity contribution in [2.24, 2.45) is 5.41 Å². The maximum atomic E-state index is 15.5. The number of carbonyl (C=O) groups is 1. The number of fused-ring (bicyclic) bond motifs is 1. The number of Topliss-reactive ketones (excluding diaryl/α,β-unsaturated/α-hetero) is 1. The van der Waals surface area contributed by atoms with Gasteiger partial charge in [0.1, 0.15) is 35.7 Å². The van der Waals surface area contributed by atoms with E-state index in [-0.39, 0.29) is 56.6 Å². The molecular weight excluding hydrogens is 671 g/mol. The van der Waals surface area contributed by atoms with E-state index >= 15 is 8.78 Å². The van der Waals surface area contributed by atoms with Crippen molar-refractivity contribution >= 4 is 24.9 Å². The molecule has 50 heavy (non-hydrogen) atoms. The summed E-state index contributed by atoms with van der Waals surface area (Å²) in [6.07, 6.45) is -0.0676. The van der Waals surface area contributed by atoms with Crippen molar-refractivity contribution in [2.45, 2.75) is 78.1 Å². The van der Waals surface area contributed by atoms with E-state index in [2.05, 4.69) is 30.7 Å². The first kappa shape index (κ1) is 37.0. The SMILES string of the molecule is CC(C)Oc1ccc(-c2cn(COCC[Si](C)(C)C)c3nccc(Oc4c(F)cc(CC(=O)CCC5(C(F)F)COC5)cc4F)c23)cc1C#N. The van der Waals surface area contributed by atoms with Crippen LogP contribution in [0.5, 0.6) is 17.2 Å². The summed E-state index contributed by atoms with van der Waals surface area (Å²) in [5.74, 6) is -2.64. The molecule has 5 rings (SSSR count). The summed E-state index contributed by atoms with van der Waals surface area (Å²) >= 11 is 0. The van der Waals surface area contributed by atoms with Crippen molar-refractivity contribution in [1.82, 2.24) is 9.55 Å². The molecule has 0 saturated carbocycles. The minimum absolute atomic E-state index is 0.0585. The van der Waals surface area contributed by atoms with E-state index in [1.165, 1.54) is 12.3 Å². The lowest BCUT2D eigenvalue weighted by Gasteiger charge is -2.40. The molecule has 0 unspecified atom stereocenters. The molecule has 0 aliphatic carbocycles. The molecule has 1 aliphatic heterocycles. The van der Waals surface area contributed by atoms with Gasteiger partial charge in [-0.1, -0.05) is 25.7 Å². The van der Waals surface area contributed by atoms with E-state index in [9.17, 15) is 18.8 Å². The molecule has 1 aliphatic rings. The van der Waals surface area contributed by atoms with Crippen LogP contribution >= 0.6 is 0 Å². The topological polar surface area (TPSA) is 95.6 Å². The summed E-state index contributed by atoms with van der Waals surface area (Å²) < 4.78 is 82.3. The molecule has 8 nitrogen and oxygen atoms in total. The molecule has 0 atom stereocenters. The van der Waals surface area contributed by atoms with Crippen LogP contribution < -0.4 is 9.47 Å². The molecule has 266 valence electrons. The monoisotopic (exact) mass is 711 g/mol. The number of alkyl halides is 2. The quantitative estimate of drug-likeness (QED) is 0.0651. The molecule has 4 aromatic rings. The van der Waals surface area contributed by atoms with E-state index in [1.807, 2.05) is 13.8 Å². The van der Waals surface area contributed by atoms with Crippen LogP contribution in [0.2, 0.25) is 25.7 Å². The van der Waals surface area contributed by atoms with Crippen LogP contribution in [0.15, 0.2) is 48.8 Å². The van der Waals surface area contributed by atoms with Crippen molar-refractivity contribution in [1.29, 1.82) is 5.26 Å². The van der Waals surface area contributed by atoms with Crippen LogP contribution in [0.3, 0.4) is 0 Å². The van der Waals surface area contributed by atoms with Crippen molar-refractivity contribution < 1.29 is 41.3 Å². The highest BCUT2D eigenvalue weighted by Crippen LogP contribution is 2.41. The zero-order chi connectivity index (χ0) is 36.2. The van der Waals surface area contributed by atoms with Gasteiger partial charge in [0.2, 0.25) is 6.43 Å². The summed E-state index contributed by atoms with van der Waals surface area (Å²) in [7, 11) is -1.35. The number of rotatable bonds is 16. The summed E-state index contributed by atoms with van der Waals surface area (Å²) in [4.78, 5) is 17.1. The van der Waals surface area contributed by atoms with Gasteiger partial charge in [-0.15, -0.1) is 0 Å². The van der Waals surface area contributed by atoms with Gasteiger partial charge < -0.3 is 23.5 Å². The van der Waals surface area contributed by atoms with Crippen LogP contribution in [0.1, 0.15) is 37.8 Å².